The van der Waals surface area contributed by atoms with Gasteiger partial charge >= 0.3 is 0 Å². The van der Waals surface area contributed by atoms with E-state index in [1.54, 1.807) is 0 Å². The van der Waals surface area contributed by atoms with Crippen LogP contribution in [-0.2, 0) is 4.79 Å². The number of carbonyl (C=O) groups excluding carboxylic acids is 1. The Morgan fingerprint density at radius 1 is 1.28 bits per heavy atom. The first-order valence-corrected chi connectivity index (χ1v) is 7.63. The average molecular weight is 254 g/mol. The number of nitrogens with one attached hydrogen (secondary N) is 1. The molecule has 18 heavy (non-hydrogen) atoms. The molecule has 1 saturated heterocycles. The van der Waals surface area contributed by atoms with Crippen molar-refractivity contribution in [3.8, 4) is 0 Å². The highest BCUT2D eigenvalue weighted by molar-refractivity contribution is 5.76. The Morgan fingerprint density at radius 2 is 1.94 bits per heavy atom. The van der Waals surface area contributed by atoms with Gasteiger partial charge in [0.2, 0.25) is 5.91 Å². The Balaban J connectivity index is 2.00. The fourth-order valence-corrected chi connectivity index (χ4v) is 2.63. The van der Waals surface area contributed by atoms with Gasteiger partial charge in [0.15, 0.2) is 0 Å². The fraction of sp³-hybridized carbons (Fsp3) is 0.933. The molecule has 0 radical (unpaired) electrons. The normalized spacial score (nSPS) is 18.2. The lowest BCUT2D eigenvalue weighted by atomic mass is 9.94. The Kier molecular flexibility index (Phi) is 7.33. The number of hydrogen-bond acceptors (Lipinski definition) is 2. The van der Waals surface area contributed by atoms with E-state index < -0.39 is 0 Å². The summed E-state index contributed by atoms with van der Waals surface area (Å²) in [5.74, 6) is 1.16. The number of amides is 1. The quantitative estimate of drug-likeness (QED) is 0.709. The van der Waals surface area contributed by atoms with Gasteiger partial charge in [0.05, 0.1) is 0 Å². The molecule has 1 heterocycles. The maximum Gasteiger partial charge on any atom is 0.220 e. The van der Waals surface area contributed by atoms with Gasteiger partial charge in [-0.2, -0.15) is 0 Å². The number of likely N-dealkylation sites (tertiary alicyclic amines) is 1. The summed E-state index contributed by atoms with van der Waals surface area (Å²) in [5, 5.41) is 2.94. The SMILES string of the molecule is CCC1CCN(CCCCC(=O)NC(C)C)CC1. The Hall–Kier alpha value is -0.570. The topological polar surface area (TPSA) is 32.3 Å². The summed E-state index contributed by atoms with van der Waals surface area (Å²) in [5.41, 5.74) is 0. The van der Waals surface area contributed by atoms with Crippen LogP contribution in [0.4, 0.5) is 0 Å². The van der Waals surface area contributed by atoms with Crippen molar-refractivity contribution in [3.05, 3.63) is 0 Å². The van der Waals surface area contributed by atoms with Gasteiger partial charge in [-0.15, -0.1) is 0 Å². The monoisotopic (exact) mass is 254 g/mol. The van der Waals surface area contributed by atoms with Crippen LogP contribution in [0.1, 0.15) is 59.3 Å². The number of unbranched alkanes of at least 4 members (excludes halogenated alkanes) is 1. The van der Waals surface area contributed by atoms with Gasteiger partial charge in [0.1, 0.15) is 0 Å². The zero-order valence-corrected chi connectivity index (χ0v) is 12.4. The molecule has 0 saturated carbocycles. The number of carbonyl (C=O) groups is 1. The van der Waals surface area contributed by atoms with Gasteiger partial charge in [-0.25, -0.2) is 0 Å². The number of piperidine rings is 1. The highest BCUT2D eigenvalue weighted by atomic mass is 16.1. The molecule has 0 bridgehead atoms. The molecule has 0 aliphatic carbocycles. The Bertz CT molecular complexity index is 233. The summed E-state index contributed by atoms with van der Waals surface area (Å²) >= 11 is 0. The average Bonchev–Trinajstić information content (AvgIpc) is 2.34. The van der Waals surface area contributed by atoms with E-state index in [1.165, 1.54) is 38.9 Å². The fourth-order valence-electron chi connectivity index (χ4n) is 2.63. The van der Waals surface area contributed by atoms with Crippen molar-refractivity contribution < 1.29 is 4.79 Å². The van der Waals surface area contributed by atoms with Crippen molar-refractivity contribution in [1.82, 2.24) is 10.2 Å². The second-order valence-electron chi connectivity index (χ2n) is 5.87. The molecule has 0 atom stereocenters. The maximum atomic E-state index is 11.5. The smallest absolute Gasteiger partial charge is 0.220 e. The lowest BCUT2D eigenvalue weighted by molar-refractivity contribution is -0.121. The molecule has 1 aliphatic heterocycles. The number of hydrogen-bond donors (Lipinski definition) is 1. The maximum absolute atomic E-state index is 11.5. The highest BCUT2D eigenvalue weighted by Crippen LogP contribution is 2.20. The minimum Gasteiger partial charge on any atom is -0.354 e. The van der Waals surface area contributed by atoms with Crippen LogP contribution in [0.2, 0.25) is 0 Å². The Morgan fingerprint density at radius 3 is 2.50 bits per heavy atom. The van der Waals surface area contributed by atoms with E-state index in [4.69, 9.17) is 0 Å². The molecule has 0 aromatic carbocycles. The molecule has 0 aromatic rings. The molecule has 106 valence electrons. The van der Waals surface area contributed by atoms with Crippen LogP contribution < -0.4 is 5.32 Å². The van der Waals surface area contributed by atoms with Crippen LogP contribution in [0, 0.1) is 5.92 Å². The first-order chi connectivity index (χ1) is 8.61. The third-order valence-corrected chi connectivity index (χ3v) is 3.86. The van der Waals surface area contributed by atoms with E-state index in [-0.39, 0.29) is 11.9 Å². The standard InChI is InChI=1S/C15H30N2O/c1-4-14-8-11-17(12-9-14)10-6-5-7-15(18)16-13(2)3/h13-14H,4-12H2,1-3H3,(H,16,18). The molecular weight excluding hydrogens is 224 g/mol. The van der Waals surface area contributed by atoms with Gasteiger partial charge in [0, 0.05) is 12.5 Å². The molecule has 1 rings (SSSR count). The predicted molar refractivity (Wildman–Crippen MR) is 76.6 cm³/mol. The van der Waals surface area contributed by atoms with Crippen molar-refractivity contribution in [2.45, 2.75) is 65.3 Å². The lowest BCUT2D eigenvalue weighted by Gasteiger charge is -2.31. The van der Waals surface area contributed by atoms with Crippen LogP contribution >= 0.6 is 0 Å². The van der Waals surface area contributed by atoms with Crippen LogP contribution in [-0.4, -0.2) is 36.5 Å². The molecular formula is C15H30N2O. The van der Waals surface area contributed by atoms with E-state index in [0.717, 1.165) is 18.8 Å². The molecule has 0 aromatic heterocycles. The van der Waals surface area contributed by atoms with Gasteiger partial charge in [-0.05, 0) is 65.1 Å². The van der Waals surface area contributed by atoms with E-state index in [1.807, 2.05) is 13.8 Å². The molecule has 0 unspecified atom stereocenters. The Labute approximate surface area is 112 Å². The molecule has 1 N–H and O–H groups in total. The highest BCUT2D eigenvalue weighted by Gasteiger charge is 2.16. The van der Waals surface area contributed by atoms with Crippen LogP contribution in [0.25, 0.3) is 0 Å². The van der Waals surface area contributed by atoms with Gasteiger partial charge in [-0.3, -0.25) is 4.79 Å². The van der Waals surface area contributed by atoms with Gasteiger partial charge in [-0.1, -0.05) is 13.3 Å². The summed E-state index contributed by atoms with van der Waals surface area (Å²) in [6.07, 6.45) is 6.93. The molecule has 3 heteroatoms. The third-order valence-electron chi connectivity index (χ3n) is 3.86. The lowest BCUT2D eigenvalue weighted by Crippen LogP contribution is -2.34. The first-order valence-electron chi connectivity index (χ1n) is 7.63. The van der Waals surface area contributed by atoms with E-state index in [2.05, 4.69) is 17.1 Å². The van der Waals surface area contributed by atoms with E-state index >= 15 is 0 Å². The van der Waals surface area contributed by atoms with Crippen LogP contribution in [0.15, 0.2) is 0 Å². The zero-order valence-electron chi connectivity index (χ0n) is 12.4. The molecule has 1 fully saturated rings. The molecule has 1 amide bonds. The number of nitrogens with zero attached hydrogens (tertiary/aromatic N) is 1. The van der Waals surface area contributed by atoms with Crippen molar-refractivity contribution >= 4 is 5.91 Å². The van der Waals surface area contributed by atoms with Crippen molar-refractivity contribution in [1.29, 1.82) is 0 Å². The molecule has 3 nitrogen and oxygen atoms in total. The predicted octanol–water partition coefficient (Wildman–Crippen LogP) is 2.80. The summed E-state index contributed by atoms with van der Waals surface area (Å²) in [6.45, 7) is 10.0. The minimum absolute atomic E-state index is 0.203. The zero-order chi connectivity index (χ0) is 13.4. The van der Waals surface area contributed by atoms with E-state index in [9.17, 15) is 4.79 Å². The minimum atomic E-state index is 0.203. The largest absolute Gasteiger partial charge is 0.354 e. The van der Waals surface area contributed by atoms with Crippen molar-refractivity contribution in [3.63, 3.8) is 0 Å². The second kappa shape index (κ2) is 8.52. The summed E-state index contributed by atoms with van der Waals surface area (Å²) in [6, 6.07) is 0.269. The summed E-state index contributed by atoms with van der Waals surface area (Å²) in [7, 11) is 0. The van der Waals surface area contributed by atoms with E-state index in [0.29, 0.717) is 6.42 Å². The van der Waals surface area contributed by atoms with Crippen LogP contribution in [0.5, 0.6) is 0 Å². The summed E-state index contributed by atoms with van der Waals surface area (Å²) < 4.78 is 0. The van der Waals surface area contributed by atoms with Crippen molar-refractivity contribution in [2.24, 2.45) is 5.92 Å². The second-order valence-corrected chi connectivity index (χ2v) is 5.87. The van der Waals surface area contributed by atoms with Gasteiger partial charge < -0.3 is 10.2 Å². The molecule has 0 spiro atoms. The summed E-state index contributed by atoms with van der Waals surface area (Å²) in [4.78, 5) is 14.0. The van der Waals surface area contributed by atoms with Gasteiger partial charge in [0.25, 0.3) is 0 Å². The van der Waals surface area contributed by atoms with Crippen molar-refractivity contribution in [2.75, 3.05) is 19.6 Å². The first kappa shape index (κ1) is 15.5. The third kappa shape index (κ3) is 6.39. The van der Waals surface area contributed by atoms with Crippen LogP contribution in [0.3, 0.4) is 0 Å². The number of rotatable bonds is 7. The molecule has 1 aliphatic rings.